The smallest absolute Gasteiger partial charge is 0.145 e. The van der Waals surface area contributed by atoms with Crippen LogP contribution in [0.4, 0.5) is 0 Å². The van der Waals surface area contributed by atoms with Crippen LogP contribution in [-0.4, -0.2) is 0 Å². The van der Waals surface area contributed by atoms with E-state index in [-0.39, 0.29) is 0 Å². The van der Waals surface area contributed by atoms with Gasteiger partial charge in [0.25, 0.3) is 0 Å². The average molecular weight is 111 g/mol. The van der Waals surface area contributed by atoms with Crippen LogP contribution in [0.1, 0.15) is 20.8 Å². The Morgan fingerprint density at radius 1 is 1.25 bits per heavy atom. The molecule has 1 nitrogen and oxygen atoms in total. The molecule has 0 atom stereocenters. The van der Waals surface area contributed by atoms with E-state index in [2.05, 4.69) is 0 Å². The minimum Gasteiger partial charge on any atom is -0.298 e. The van der Waals surface area contributed by atoms with Gasteiger partial charge in [-0.1, -0.05) is 11.6 Å². The zero-order valence-electron chi connectivity index (χ0n) is 5.56. The molecule has 0 aromatic heterocycles. The molecule has 0 rings (SSSR count). The Hall–Kier alpha value is -0.720. The van der Waals surface area contributed by atoms with Gasteiger partial charge in [-0.2, -0.15) is 0 Å². The highest BCUT2D eigenvalue weighted by Gasteiger charge is 1.80. The molecule has 0 heterocycles. The maximum Gasteiger partial charge on any atom is 0.145 e. The van der Waals surface area contributed by atoms with Gasteiger partial charge in [-0.3, -0.25) is 5.11 Å². The van der Waals surface area contributed by atoms with Crippen LogP contribution in [0.15, 0.2) is 23.5 Å². The molecule has 8 heavy (non-hydrogen) atoms. The molecule has 0 aliphatic heterocycles. The van der Waals surface area contributed by atoms with E-state index in [0.717, 1.165) is 17.4 Å². The van der Waals surface area contributed by atoms with Gasteiger partial charge in [-0.15, -0.1) is 0 Å². The third-order valence-electron chi connectivity index (χ3n) is 0.702. The molecule has 0 aromatic carbocycles. The van der Waals surface area contributed by atoms with Crippen molar-refractivity contribution in [3.63, 3.8) is 0 Å². The second-order valence-electron chi connectivity index (χ2n) is 2.08. The van der Waals surface area contributed by atoms with Gasteiger partial charge >= 0.3 is 0 Å². The molecule has 1 radical (unpaired) electrons. The van der Waals surface area contributed by atoms with Crippen molar-refractivity contribution in [1.29, 1.82) is 0 Å². The first kappa shape index (κ1) is 7.28. The van der Waals surface area contributed by atoms with Crippen LogP contribution in [0.25, 0.3) is 0 Å². The van der Waals surface area contributed by atoms with Crippen molar-refractivity contribution in [3.8, 4) is 0 Å². The largest absolute Gasteiger partial charge is 0.298 e. The lowest BCUT2D eigenvalue weighted by Gasteiger charge is -1.86. The average Bonchev–Trinajstić information content (AvgIpc) is 1.65. The molecule has 45 valence electrons. The molecule has 0 bridgehead atoms. The Kier molecular flexibility index (Phi) is 3.01. The van der Waals surface area contributed by atoms with Crippen LogP contribution in [0, 0.1) is 0 Å². The van der Waals surface area contributed by atoms with Gasteiger partial charge in [0.05, 0.1) is 0 Å². The second-order valence-corrected chi connectivity index (χ2v) is 2.08. The maximum atomic E-state index is 9.96. The zero-order chi connectivity index (χ0) is 6.57. The molecule has 0 spiro atoms. The second kappa shape index (κ2) is 3.30. The molecule has 0 aromatic rings. The minimum atomic E-state index is 0.782. The SMILES string of the molecule is CC(C)=CC(C)=C[O]. The molecular weight excluding hydrogens is 100 g/mol. The summed E-state index contributed by atoms with van der Waals surface area (Å²) in [6.45, 7) is 5.72. The number of hydrogen-bond acceptors (Lipinski definition) is 0. The molecule has 0 saturated carbocycles. The molecule has 0 aliphatic carbocycles. The van der Waals surface area contributed by atoms with Gasteiger partial charge in [-0.05, 0) is 26.3 Å². The highest BCUT2D eigenvalue weighted by atomic mass is 16.2. The predicted molar refractivity (Wildman–Crippen MR) is 33.9 cm³/mol. The normalized spacial score (nSPS) is 11.1. The predicted octanol–water partition coefficient (Wildman–Crippen LogP) is 2.29. The maximum absolute atomic E-state index is 9.96. The van der Waals surface area contributed by atoms with E-state index in [0.29, 0.717) is 0 Å². The summed E-state index contributed by atoms with van der Waals surface area (Å²) in [5.74, 6) is 0. The van der Waals surface area contributed by atoms with Crippen molar-refractivity contribution in [2.75, 3.05) is 0 Å². The molecule has 0 saturated heterocycles. The van der Waals surface area contributed by atoms with Crippen molar-refractivity contribution in [1.82, 2.24) is 0 Å². The van der Waals surface area contributed by atoms with Crippen LogP contribution < -0.4 is 0 Å². The zero-order valence-corrected chi connectivity index (χ0v) is 5.56. The fourth-order valence-corrected chi connectivity index (χ4v) is 0.489. The topological polar surface area (TPSA) is 19.9 Å². The van der Waals surface area contributed by atoms with Gasteiger partial charge in [0, 0.05) is 0 Å². The van der Waals surface area contributed by atoms with Gasteiger partial charge in [0.15, 0.2) is 0 Å². The van der Waals surface area contributed by atoms with Gasteiger partial charge < -0.3 is 0 Å². The summed E-state index contributed by atoms with van der Waals surface area (Å²) in [6.07, 6.45) is 2.71. The first-order valence-corrected chi connectivity index (χ1v) is 2.60. The third-order valence-corrected chi connectivity index (χ3v) is 0.702. The summed E-state index contributed by atoms with van der Waals surface area (Å²) < 4.78 is 0. The summed E-state index contributed by atoms with van der Waals surface area (Å²) in [5.41, 5.74) is 1.94. The van der Waals surface area contributed by atoms with Gasteiger partial charge in [0.1, 0.15) is 6.26 Å². The monoisotopic (exact) mass is 111 g/mol. The molecule has 1 heteroatoms. The minimum absolute atomic E-state index is 0.782. The molecule has 0 aliphatic rings. The summed E-state index contributed by atoms with van der Waals surface area (Å²) >= 11 is 0. The van der Waals surface area contributed by atoms with E-state index < -0.39 is 0 Å². The van der Waals surface area contributed by atoms with Crippen LogP contribution in [-0.2, 0) is 5.11 Å². The lowest BCUT2D eigenvalue weighted by atomic mass is 10.2. The van der Waals surface area contributed by atoms with Crippen LogP contribution >= 0.6 is 0 Å². The lowest BCUT2D eigenvalue weighted by molar-refractivity contribution is 0.348. The first-order chi connectivity index (χ1) is 3.66. The van der Waals surface area contributed by atoms with E-state index in [4.69, 9.17) is 0 Å². The van der Waals surface area contributed by atoms with E-state index in [1.807, 2.05) is 19.9 Å². The molecular formula is C7H11O. The first-order valence-electron chi connectivity index (χ1n) is 2.60. The quantitative estimate of drug-likeness (QED) is 0.365. The summed E-state index contributed by atoms with van der Waals surface area (Å²) in [6, 6.07) is 0. The van der Waals surface area contributed by atoms with Crippen molar-refractivity contribution in [3.05, 3.63) is 23.5 Å². The van der Waals surface area contributed by atoms with Crippen LogP contribution in [0.2, 0.25) is 0 Å². The number of allylic oxidation sites excluding steroid dienone is 3. The Bertz CT molecular complexity index is 116. The van der Waals surface area contributed by atoms with Gasteiger partial charge in [0.2, 0.25) is 0 Å². The Morgan fingerprint density at radius 2 is 1.75 bits per heavy atom. The van der Waals surface area contributed by atoms with Crippen LogP contribution in [0.3, 0.4) is 0 Å². The van der Waals surface area contributed by atoms with E-state index in [1.165, 1.54) is 0 Å². The Labute approximate surface area is 50.3 Å². The Balaban J connectivity index is 3.89. The van der Waals surface area contributed by atoms with Crippen molar-refractivity contribution in [2.45, 2.75) is 20.8 Å². The fraction of sp³-hybridized carbons (Fsp3) is 0.429. The van der Waals surface area contributed by atoms with E-state index in [9.17, 15) is 5.11 Å². The van der Waals surface area contributed by atoms with E-state index in [1.54, 1.807) is 6.92 Å². The van der Waals surface area contributed by atoms with Crippen molar-refractivity contribution < 1.29 is 5.11 Å². The molecule has 0 amide bonds. The third kappa shape index (κ3) is 3.47. The van der Waals surface area contributed by atoms with Gasteiger partial charge in [-0.25, -0.2) is 0 Å². The number of rotatable bonds is 1. The molecule has 0 unspecified atom stereocenters. The van der Waals surface area contributed by atoms with Crippen molar-refractivity contribution >= 4 is 0 Å². The van der Waals surface area contributed by atoms with Crippen molar-refractivity contribution in [2.24, 2.45) is 0 Å². The summed E-state index contributed by atoms with van der Waals surface area (Å²) in [7, 11) is 0. The highest BCUT2D eigenvalue weighted by molar-refractivity contribution is 5.16. The number of hydrogen-bond donors (Lipinski definition) is 0. The molecule has 0 N–H and O–H groups in total. The lowest BCUT2D eigenvalue weighted by Crippen LogP contribution is -1.68. The Morgan fingerprint density at radius 3 is 1.88 bits per heavy atom. The molecule has 0 fully saturated rings. The fourth-order valence-electron chi connectivity index (χ4n) is 0.489. The standard InChI is InChI=1S/C7H11O/c1-6(2)4-7(3)5-8/h4-5H,1-3H3. The van der Waals surface area contributed by atoms with Crippen LogP contribution in [0.5, 0.6) is 0 Å². The van der Waals surface area contributed by atoms with E-state index >= 15 is 0 Å². The highest BCUT2D eigenvalue weighted by Crippen LogP contribution is 1.97. The summed E-state index contributed by atoms with van der Waals surface area (Å²) in [4.78, 5) is 0. The summed E-state index contributed by atoms with van der Waals surface area (Å²) in [5, 5.41) is 9.96.